The van der Waals surface area contributed by atoms with Gasteiger partial charge in [-0.1, -0.05) is 11.8 Å². The Morgan fingerprint density at radius 2 is 1.83 bits per heavy atom. The van der Waals surface area contributed by atoms with Gasteiger partial charge in [-0.3, -0.25) is 4.79 Å². The van der Waals surface area contributed by atoms with Crippen LogP contribution in [0.3, 0.4) is 0 Å². The smallest absolute Gasteiger partial charge is 0.256 e. The van der Waals surface area contributed by atoms with Gasteiger partial charge in [-0.15, -0.1) is 0 Å². The average molecular weight is 336 g/mol. The molecule has 0 aliphatic carbocycles. The highest BCUT2D eigenvalue weighted by atomic mass is 32.2. The van der Waals surface area contributed by atoms with E-state index in [1.54, 1.807) is 17.3 Å². The number of rotatable bonds is 4. The molecule has 0 bridgehead atoms. The van der Waals surface area contributed by atoms with Crippen molar-refractivity contribution in [3.8, 4) is 0 Å². The largest absolute Gasteiger partial charge is 0.388 e. The van der Waals surface area contributed by atoms with E-state index >= 15 is 0 Å². The molecule has 0 saturated carbocycles. The Morgan fingerprint density at radius 3 is 2.39 bits per heavy atom. The zero-order chi connectivity index (χ0) is 16.3. The van der Waals surface area contributed by atoms with Crippen molar-refractivity contribution < 1.29 is 9.90 Å². The first kappa shape index (κ1) is 16.7. The molecule has 23 heavy (non-hydrogen) atoms. The fourth-order valence-electron chi connectivity index (χ4n) is 3.36. The summed E-state index contributed by atoms with van der Waals surface area (Å²) in [5.41, 5.74) is -0.131. The van der Waals surface area contributed by atoms with Crippen molar-refractivity contribution in [2.45, 2.75) is 36.4 Å². The van der Waals surface area contributed by atoms with Gasteiger partial charge in [0, 0.05) is 32.0 Å². The maximum Gasteiger partial charge on any atom is 0.256 e. The van der Waals surface area contributed by atoms with Crippen LogP contribution >= 0.6 is 11.8 Å². The molecule has 0 radical (unpaired) electrons. The number of aromatic nitrogens is 2. The quantitative estimate of drug-likeness (QED) is 0.659. The number of hydrogen-bond acceptors (Lipinski definition) is 6. The predicted octanol–water partition coefficient (Wildman–Crippen LogP) is 1.26. The number of carbonyl (C=O) groups excluding carboxylic acids is 1. The van der Waals surface area contributed by atoms with Crippen LogP contribution in [0.25, 0.3) is 0 Å². The Bertz CT molecular complexity index is 538. The number of amides is 1. The molecule has 2 saturated heterocycles. The van der Waals surface area contributed by atoms with E-state index in [0.717, 1.165) is 19.6 Å². The second-order valence-electron chi connectivity index (χ2n) is 6.46. The van der Waals surface area contributed by atoms with Crippen LogP contribution in [0.1, 0.15) is 36.0 Å². The van der Waals surface area contributed by atoms with Crippen molar-refractivity contribution in [2.24, 2.45) is 0 Å². The molecule has 3 heterocycles. The van der Waals surface area contributed by atoms with Crippen LogP contribution in [-0.4, -0.2) is 75.4 Å². The third kappa shape index (κ3) is 4.02. The SMILES string of the molecule is CSc1ncc(C(=O)N2CCC(O)(CN3CCCC3)CC2)cn1. The van der Waals surface area contributed by atoms with Gasteiger partial charge in [-0.05, 0) is 45.0 Å². The number of nitrogens with zero attached hydrogens (tertiary/aromatic N) is 4. The summed E-state index contributed by atoms with van der Waals surface area (Å²) in [6.07, 6.45) is 8.82. The number of piperidine rings is 1. The van der Waals surface area contributed by atoms with Crippen molar-refractivity contribution in [3.63, 3.8) is 0 Å². The van der Waals surface area contributed by atoms with Crippen LogP contribution in [-0.2, 0) is 0 Å². The van der Waals surface area contributed by atoms with Crippen LogP contribution in [0.5, 0.6) is 0 Å². The highest BCUT2D eigenvalue weighted by molar-refractivity contribution is 7.98. The lowest BCUT2D eigenvalue weighted by Gasteiger charge is -2.40. The second-order valence-corrected chi connectivity index (χ2v) is 7.23. The lowest BCUT2D eigenvalue weighted by atomic mass is 9.90. The van der Waals surface area contributed by atoms with Crippen molar-refractivity contribution >= 4 is 17.7 Å². The van der Waals surface area contributed by atoms with E-state index in [9.17, 15) is 9.90 Å². The van der Waals surface area contributed by atoms with Crippen LogP contribution in [0.4, 0.5) is 0 Å². The minimum atomic E-state index is -0.652. The van der Waals surface area contributed by atoms with Crippen LogP contribution in [0.15, 0.2) is 17.6 Å². The van der Waals surface area contributed by atoms with Gasteiger partial charge in [0.1, 0.15) is 0 Å². The summed E-state index contributed by atoms with van der Waals surface area (Å²) in [7, 11) is 0. The Hall–Kier alpha value is -1.18. The molecule has 0 aromatic carbocycles. The molecule has 0 unspecified atom stereocenters. The fraction of sp³-hybridized carbons (Fsp3) is 0.688. The minimum absolute atomic E-state index is 0.0409. The van der Waals surface area contributed by atoms with Crippen molar-refractivity contribution in [3.05, 3.63) is 18.0 Å². The van der Waals surface area contributed by atoms with Gasteiger partial charge in [0.15, 0.2) is 5.16 Å². The standard InChI is InChI=1S/C16H24N4O2S/c1-23-15-17-10-13(11-18-15)14(21)20-8-4-16(22,5-9-20)12-19-6-2-3-7-19/h10-11,22H,2-9,12H2,1H3. The van der Waals surface area contributed by atoms with Crippen molar-refractivity contribution in [2.75, 3.05) is 39.0 Å². The Morgan fingerprint density at radius 1 is 1.22 bits per heavy atom. The van der Waals surface area contributed by atoms with Gasteiger partial charge in [-0.25, -0.2) is 9.97 Å². The first-order valence-corrected chi connectivity index (χ1v) is 9.42. The van der Waals surface area contributed by atoms with E-state index in [1.807, 2.05) is 6.26 Å². The van der Waals surface area contributed by atoms with Crippen LogP contribution in [0.2, 0.25) is 0 Å². The zero-order valence-electron chi connectivity index (χ0n) is 13.6. The zero-order valence-corrected chi connectivity index (χ0v) is 14.4. The number of hydrogen-bond donors (Lipinski definition) is 1. The number of likely N-dealkylation sites (tertiary alicyclic amines) is 2. The van der Waals surface area contributed by atoms with Crippen LogP contribution in [0, 0.1) is 0 Å². The predicted molar refractivity (Wildman–Crippen MR) is 89.6 cm³/mol. The summed E-state index contributed by atoms with van der Waals surface area (Å²) in [4.78, 5) is 25.0. The maximum atomic E-state index is 12.5. The van der Waals surface area contributed by atoms with E-state index in [1.165, 1.54) is 24.6 Å². The Balaban J connectivity index is 1.55. The molecule has 3 rings (SSSR count). The van der Waals surface area contributed by atoms with E-state index in [2.05, 4.69) is 14.9 Å². The molecule has 0 atom stereocenters. The summed E-state index contributed by atoms with van der Waals surface area (Å²) in [5, 5.41) is 11.4. The van der Waals surface area contributed by atoms with Gasteiger partial charge >= 0.3 is 0 Å². The lowest BCUT2D eigenvalue weighted by molar-refractivity contribution is -0.0367. The molecule has 1 N–H and O–H groups in total. The van der Waals surface area contributed by atoms with Gasteiger partial charge < -0.3 is 14.9 Å². The lowest BCUT2D eigenvalue weighted by Crippen LogP contribution is -2.51. The number of β-amino-alcohol motifs (C(OH)–C–C–N with tert-alkyl or cyclic N) is 1. The van der Waals surface area contributed by atoms with Crippen LogP contribution < -0.4 is 0 Å². The molecule has 2 aliphatic heterocycles. The topological polar surface area (TPSA) is 69.6 Å². The molecule has 7 heteroatoms. The third-order valence-corrected chi connectivity index (χ3v) is 5.33. The molecule has 126 valence electrons. The molecular formula is C16H24N4O2S. The Labute approximate surface area is 141 Å². The maximum absolute atomic E-state index is 12.5. The van der Waals surface area contributed by atoms with Gasteiger partial charge in [0.2, 0.25) is 0 Å². The molecule has 2 fully saturated rings. The second kappa shape index (κ2) is 7.15. The summed E-state index contributed by atoms with van der Waals surface area (Å²) in [6.45, 7) is 4.09. The number of carbonyl (C=O) groups is 1. The van der Waals surface area contributed by atoms with Crippen molar-refractivity contribution in [1.82, 2.24) is 19.8 Å². The molecular weight excluding hydrogens is 312 g/mol. The first-order valence-electron chi connectivity index (χ1n) is 8.20. The normalized spacial score (nSPS) is 21.6. The van der Waals surface area contributed by atoms with Gasteiger partial charge in [0.05, 0.1) is 11.2 Å². The van der Waals surface area contributed by atoms with Crippen molar-refractivity contribution in [1.29, 1.82) is 0 Å². The first-order chi connectivity index (χ1) is 11.1. The van der Waals surface area contributed by atoms with Gasteiger partial charge in [-0.2, -0.15) is 0 Å². The highest BCUT2D eigenvalue weighted by Crippen LogP contribution is 2.26. The number of aliphatic hydroxyl groups is 1. The Kier molecular flexibility index (Phi) is 5.18. The minimum Gasteiger partial charge on any atom is -0.388 e. The number of thioether (sulfide) groups is 1. The van der Waals surface area contributed by atoms with E-state index < -0.39 is 5.60 Å². The summed E-state index contributed by atoms with van der Waals surface area (Å²) in [5.74, 6) is -0.0409. The van der Waals surface area contributed by atoms with E-state index in [4.69, 9.17) is 0 Å². The van der Waals surface area contributed by atoms with E-state index in [0.29, 0.717) is 36.7 Å². The highest BCUT2D eigenvalue weighted by Gasteiger charge is 2.36. The molecule has 2 aliphatic rings. The molecule has 1 amide bonds. The van der Waals surface area contributed by atoms with E-state index in [-0.39, 0.29) is 5.91 Å². The molecule has 1 aromatic heterocycles. The monoisotopic (exact) mass is 336 g/mol. The summed E-state index contributed by atoms with van der Waals surface area (Å²) in [6, 6.07) is 0. The fourth-order valence-corrected chi connectivity index (χ4v) is 3.67. The third-order valence-electron chi connectivity index (χ3n) is 4.76. The molecule has 6 nitrogen and oxygen atoms in total. The molecule has 0 spiro atoms. The van der Waals surface area contributed by atoms with Gasteiger partial charge in [0.25, 0.3) is 5.91 Å². The molecule has 1 aromatic rings. The average Bonchev–Trinajstić information content (AvgIpc) is 3.07. The summed E-state index contributed by atoms with van der Waals surface area (Å²) >= 11 is 1.45. The summed E-state index contributed by atoms with van der Waals surface area (Å²) < 4.78 is 0.